The van der Waals surface area contributed by atoms with Crippen LogP contribution in [0.15, 0.2) is 36.7 Å². The lowest BCUT2D eigenvalue weighted by atomic mass is 10.1. The molecule has 5 heteroatoms. The molecule has 3 heterocycles. The summed E-state index contributed by atoms with van der Waals surface area (Å²) in [5, 5.41) is 1.54. The minimum Gasteiger partial charge on any atom is -0.345 e. The van der Waals surface area contributed by atoms with E-state index in [1.54, 1.807) is 17.3 Å². The van der Waals surface area contributed by atoms with Crippen LogP contribution in [0.1, 0.15) is 21.5 Å². The summed E-state index contributed by atoms with van der Waals surface area (Å²) in [6, 6.07) is 7.71. The number of carbonyl (C=O) groups excluding carboxylic acids is 1. The predicted octanol–water partition coefficient (Wildman–Crippen LogP) is 3.73. The number of aryl methyl sites for hydroxylation is 1. The Morgan fingerprint density at radius 1 is 1.41 bits per heavy atom. The van der Waals surface area contributed by atoms with Crippen LogP contribution >= 0.6 is 11.6 Å². The lowest BCUT2D eigenvalue weighted by Crippen LogP contribution is -2.28. The fourth-order valence-corrected chi connectivity index (χ4v) is 3.18. The molecule has 1 N–H and O–H groups in total. The van der Waals surface area contributed by atoms with Gasteiger partial charge in [0, 0.05) is 35.0 Å². The highest BCUT2D eigenvalue weighted by Crippen LogP contribution is 2.34. The van der Waals surface area contributed by atoms with Gasteiger partial charge >= 0.3 is 0 Å². The van der Waals surface area contributed by atoms with Crippen molar-refractivity contribution in [3.63, 3.8) is 0 Å². The molecule has 4 nitrogen and oxygen atoms in total. The summed E-state index contributed by atoms with van der Waals surface area (Å²) >= 11 is 6.23. The van der Waals surface area contributed by atoms with Gasteiger partial charge in [0.15, 0.2) is 0 Å². The van der Waals surface area contributed by atoms with Crippen molar-refractivity contribution >= 4 is 34.2 Å². The monoisotopic (exact) mass is 311 g/mol. The van der Waals surface area contributed by atoms with Crippen molar-refractivity contribution in [3.05, 3.63) is 58.4 Å². The molecule has 1 aliphatic heterocycles. The van der Waals surface area contributed by atoms with Crippen LogP contribution in [-0.2, 0) is 6.42 Å². The standard InChI is InChI=1S/C17H14ClN3O/c1-10-7-11-4-6-21(15(11)8-14(10)18)17(22)13-9-20-16-12(13)3-2-5-19-16/h2-3,5,7-9H,4,6H2,1H3,(H,19,20). The molecule has 0 aliphatic carbocycles. The molecule has 0 radical (unpaired) electrons. The third kappa shape index (κ3) is 1.91. The highest BCUT2D eigenvalue weighted by molar-refractivity contribution is 6.31. The van der Waals surface area contributed by atoms with E-state index in [9.17, 15) is 4.79 Å². The third-order valence-electron chi connectivity index (χ3n) is 4.18. The molecule has 0 unspecified atom stereocenters. The van der Waals surface area contributed by atoms with Gasteiger partial charge in [0.1, 0.15) is 5.65 Å². The number of amides is 1. The van der Waals surface area contributed by atoms with E-state index in [1.165, 1.54) is 5.56 Å². The Hall–Kier alpha value is -2.33. The normalized spacial score (nSPS) is 13.6. The topological polar surface area (TPSA) is 49.0 Å². The summed E-state index contributed by atoms with van der Waals surface area (Å²) in [7, 11) is 0. The minimum atomic E-state index is -0.0158. The third-order valence-corrected chi connectivity index (χ3v) is 4.59. The van der Waals surface area contributed by atoms with Crippen molar-refractivity contribution < 1.29 is 4.79 Å². The summed E-state index contributed by atoms with van der Waals surface area (Å²) in [4.78, 5) is 22.0. The Morgan fingerprint density at radius 3 is 3.14 bits per heavy atom. The van der Waals surface area contributed by atoms with E-state index < -0.39 is 0 Å². The SMILES string of the molecule is Cc1cc2c(cc1Cl)N(C(=O)c1c[nH]c3ncccc13)CC2. The van der Waals surface area contributed by atoms with E-state index in [2.05, 4.69) is 16.0 Å². The molecule has 1 aromatic carbocycles. The first kappa shape index (κ1) is 13.3. The molecule has 0 bridgehead atoms. The van der Waals surface area contributed by atoms with E-state index in [-0.39, 0.29) is 5.91 Å². The zero-order valence-corrected chi connectivity index (χ0v) is 12.8. The fraction of sp³-hybridized carbons (Fsp3) is 0.176. The Kier molecular flexibility index (Phi) is 2.94. The van der Waals surface area contributed by atoms with Crippen molar-refractivity contribution in [1.82, 2.24) is 9.97 Å². The van der Waals surface area contributed by atoms with Crippen LogP contribution in [0.4, 0.5) is 5.69 Å². The van der Waals surface area contributed by atoms with E-state index in [0.29, 0.717) is 17.1 Å². The van der Waals surface area contributed by atoms with E-state index in [4.69, 9.17) is 11.6 Å². The van der Waals surface area contributed by atoms with Crippen LogP contribution in [0.2, 0.25) is 5.02 Å². The molecular formula is C17H14ClN3O. The fourth-order valence-electron chi connectivity index (χ4n) is 3.02. The Morgan fingerprint density at radius 2 is 2.27 bits per heavy atom. The van der Waals surface area contributed by atoms with Gasteiger partial charge in [-0.05, 0) is 42.7 Å². The van der Waals surface area contributed by atoms with E-state index in [1.807, 2.05) is 25.1 Å². The van der Waals surface area contributed by atoms with Crippen molar-refractivity contribution in [1.29, 1.82) is 0 Å². The molecule has 110 valence electrons. The Labute approximate surface area is 132 Å². The van der Waals surface area contributed by atoms with Crippen LogP contribution in [0.5, 0.6) is 0 Å². The molecule has 1 amide bonds. The number of benzene rings is 1. The molecule has 22 heavy (non-hydrogen) atoms. The van der Waals surface area contributed by atoms with E-state index in [0.717, 1.165) is 28.7 Å². The number of aromatic nitrogens is 2. The molecule has 0 saturated carbocycles. The molecule has 0 spiro atoms. The van der Waals surface area contributed by atoms with Gasteiger partial charge in [0.2, 0.25) is 0 Å². The summed E-state index contributed by atoms with van der Waals surface area (Å²) in [6.07, 6.45) is 4.30. The smallest absolute Gasteiger partial charge is 0.260 e. The van der Waals surface area contributed by atoms with Gasteiger partial charge in [-0.15, -0.1) is 0 Å². The highest BCUT2D eigenvalue weighted by Gasteiger charge is 2.27. The van der Waals surface area contributed by atoms with Gasteiger partial charge in [-0.2, -0.15) is 0 Å². The number of rotatable bonds is 1. The number of hydrogen-bond donors (Lipinski definition) is 1. The highest BCUT2D eigenvalue weighted by atomic mass is 35.5. The molecule has 0 atom stereocenters. The molecule has 2 aromatic heterocycles. The lowest BCUT2D eigenvalue weighted by Gasteiger charge is -2.17. The Bertz CT molecular complexity index is 900. The van der Waals surface area contributed by atoms with Crippen LogP contribution in [-0.4, -0.2) is 22.4 Å². The molecule has 4 rings (SSSR count). The molecule has 0 saturated heterocycles. The maximum Gasteiger partial charge on any atom is 0.260 e. The van der Waals surface area contributed by atoms with Gasteiger partial charge in [-0.1, -0.05) is 17.7 Å². The van der Waals surface area contributed by atoms with E-state index >= 15 is 0 Å². The van der Waals surface area contributed by atoms with Crippen molar-refractivity contribution in [2.24, 2.45) is 0 Å². The predicted molar refractivity (Wildman–Crippen MR) is 87.7 cm³/mol. The number of aromatic amines is 1. The second-order valence-corrected chi connectivity index (χ2v) is 5.95. The maximum absolute atomic E-state index is 12.9. The summed E-state index contributed by atoms with van der Waals surface area (Å²) in [6.45, 7) is 2.67. The number of anilines is 1. The van der Waals surface area contributed by atoms with Crippen LogP contribution < -0.4 is 4.90 Å². The largest absolute Gasteiger partial charge is 0.345 e. The summed E-state index contributed by atoms with van der Waals surface area (Å²) in [5.74, 6) is -0.0158. The lowest BCUT2D eigenvalue weighted by molar-refractivity contribution is 0.0991. The number of carbonyl (C=O) groups is 1. The number of halogens is 1. The summed E-state index contributed by atoms with van der Waals surface area (Å²) in [5.41, 5.74) is 4.51. The average molecular weight is 312 g/mol. The number of nitrogens with one attached hydrogen (secondary N) is 1. The average Bonchev–Trinajstić information content (AvgIpc) is 3.11. The first-order valence-corrected chi connectivity index (χ1v) is 7.56. The van der Waals surface area contributed by atoms with Crippen LogP contribution in [0, 0.1) is 6.92 Å². The van der Waals surface area contributed by atoms with Crippen LogP contribution in [0.3, 0.4) is 0 Å². The zero-order valence-electron chi connectivity index (χ0n) is 12.1. The van der Waals surface area contributed by atoms with Gasteiger partial charge in [0.05, 0.1) is 5.56 Å². The number of hydrogen-bond acceptors (Lipinski definition) is 2. The first-order valence-electron chi connectivity index (χ1n) is 7.18. The quantitative estimate of drug-likeness (QED) is 0.744. The summed E-state index contributed by atoms with van der Waals surface area (Å²) < 4.78 is 0. The zero-order chi connectivity index (χ0) is 15.3. The molecular weight excluding hydrogens is 298 g/mol. The maximum atomic E-state index is 12.9. The van der Waals surface area contributed by atoms with Crippen molar-refractivity contribution in [2.45, 2.75) is 13.3 Å². The minimum absolute atomic E-state index is 0.0158. The van der Waals surface area contributed by atoms with Gasteiger partial charge < -0.3 is 9.88 Å². The number of H-pyrrole nitrogens is 1. The first-order chi connectivity index (χ1) is 10.6. The van der Waals surface area contributed by atoms with Crippen LogP contribution in [0.25, 0.3) is 11.0 Å². The number of fused-ring (bicyclic) bond motifs is 2. The van der Waals surface area contributed by atoms with Crippen molar-refractivity contribution in [3.8, 4) is 0 Å². The van der Waals surface area contributed by atoms with Gasteiger partial charge in [0.25, 0.3) is 5.91 Å². The van der Waals surface area contributed by atoms with Gasteiger partial charge in [-0.3, -0.25) is 4.79 Å². The molecule has 0 fully saturated rings. The van der Waals surface area contributed by atoms with Crippen molar-refractivity contribution in [2.75, 3.05) is 11.4 Å². The number of nitrogens with zero attached hydrogens (tertiary/aromatic N) is 2. The second kappa shape index (κ2) is 4.85. The Balaban J connectivity index is 1.78. The molecule has 3 aromatic rings. The number of pyridine rings is 1. The molecule has 1 aliphatic rings. The van der Waals surface area contributed by atoms with Gasteiger partial charge in [-0.25, -0.2) is 4.98 Å². The second-order valence-electron chi connectivity index (χ2n) is 5.54.